The molecule has 0 amide bonds. The van der Waals surface area contributed by atoms with Gasteiger partial charge in [-0.3, -0.25) is 0 Å². The molecule has 0 aliphatic heterocycles. The number of rotatable bonds is 3. The first-order valence-electron chi connectivity index (χ1n) is 6.07. The van der Waals surface area contributed by atoms with Crippen LogP contribution in [0.25, 0.3) is 11.2 Å². The van der Waals surface area contributed by atoms with E-state index >= 15 is 0 Å². The summed E-state index contributed by atoms with van der Waals surface area (Å²) in [4.78, 5) is 15.7. The molecule has 0 bridgehead atoms. The monoisotopic (exact) mass is 270 g/mol. The minimum absolute atomic E-state index is 0.721. The van der Waals surface area contributed by atoms with Gasteiger partial charge < -0.3 is 4.98 Å². The van der Waals surface area contributed by atoms with Gasteiger partial charge in [-0.25, -0.2) is 15.0 Å². The lowest BCUT2D eigenvalue weighted by Crippen LogP contribution is -1.90. The second kappa shape index (κ2) is 5.01. The molecule has 0 saturated carbocycles. The molecular formula is C14H14N4S. The van der Waals surface area contributed by atoms with Crippen molar-refractivity contribution in [1.29, 1.82) is 0 Å². The first-order valence-corrected chi connectivity index (χ1v) is 7.05. The molecule has 2 aromatic heterocycles. The molecule has 0 aliphatic rings. The van der Waals surface area contributed by atoms with Crippen LogP contribution >= 0.6 is 11.8 Å². The SMILES string of the molecule is Cc1ccc(C)c(CSc2ncnc3nc[nH]c23)c1. The molecule has 96 valence electrons. The van der Waals surface area contributed by atoms with Crippen molar-refractivity contribution in [3.8, 4) is 0 Å². The lowest BCUT2D eigenvalue weighted by molar-refractivity contribution is 1.08. The van der Waals surface area contributed by atoms with Crippen LogP contribution in [0, 0.1) is 13.8 Å². The number of hydrogen-bond donors (Lipinski definition) is 1. The summed E-state index contributed by atoms with van der Waals surface area (Å²) >= 11 is 1.71. The number of imidazole rings is 1. The van der Waals surface area contributed by atoms with Crippen LogP contribution in [-0.2, 0) is 5.75 Å². The number of H-pyrrole nitrogens is 1. The Balaban J connectivity index is 1.86. The predicted molar refractivity (Wildman–Crippen MR) is 77.2 cm³/mol. The van der Waals surface area contributed by atoms with Gasteiger partial charge in [0.2, 0.25) is 0 Å². The molecular weight excluding hydrogens is 256 g/mol. The van der Waals surface area contributed by atoms with Crippen molar-refractivity contribution in [3.05, 3.63) is 47.5 Å². The van der Waals surface area contributed by atoms with Gasteiger partial charge in [0.1, 0.15) is 16.9 Å². The van der Waals surface area contributed by atoms with Crippen LogP contribution in [0.5, 0.6) is 0 Å². The summed E-state index contributed by atoms with van der Waals surface area (Å²) in [6, 6.07) is 6.53. The van der Waals surface area contributed by atoms with Crippen molar-refractivity contribution in [2.45, 2.75) is 24.6 Å². The molecule has 5 heteroatoms. The number of fused-ring (bicyclic) bond motifs is 1. The van der Waals surface area contributed by atoms with Crippen LogP contribution < -0.4 is 0 Å². The zero-order valence-electron chi connectivity index (χ0n) is 10.8. The van der Waals surface area contributed by atoms with Crippen molar-refractivity contribution < 1.29 is 0 Å². The highest BCUT2D eigenvalue weighted by Gasteiger charge is 2.07. The Labute approximate surface area is 115 Å². The normalized spacial score (nSPS) is 11.1. The first-order chi connectivity index (χ1) is 9.24. The van der Waals surface area contributed by atoms with Gasteiger partial charge in [0, 0.05) is 5.75 Å². The van der Waals surface area contributed by atoms with Gasteiger partial charge in [0.25, 0.3) is 0 Å². The molecule has 0 fully saturated rings. The maximum Gasteiger partial charge on any atom is 0.181 e. The second-order valence-electron chi connectivity index (χ2n) is 4.50. The molecule has 3 rings (SSSR count). The summed E-state index contributed by atoms with van der Waals surface area (Å²) in [5.74, 6) is 0.901. The summed E-state index contributed by atoms with van der Waals surface area (Å²) in [7, 11) is 0. The Morgan fingerprint density at radius 2 is 2.05 bits per heavy atom. The van der Waals surface area contributed by atoms with Crippen LogP contribution in [0.1, 0.15) is 16.7 Å². The molecule has 0 aliphatic carbocycles. The zero-order chi connectivity index (χ0) is 13.2. The van der Waals surface area contributed by atoms with E-state index in [9.17, 15) is 0 Å². The Bertz CT molecular complexity index is 720. The summed E-state index contributed by atoms with van der Waals surface area (Å²) < 4.78 is 0. The molecule has 0 radical (unpaired) electrons. The van der Waals surface area contributed by atoms with E-state index in [1.165, 1.54) is 16.7 Å². The average Bonchev–Trinajstić information content (AvgIpc) is 2.88. The van der Waals surface area contributed by atoms with Gasteiger partial charge in [-0.05, 0) is 25.0 Å². The third-order valence-electron chi connectivity index (χ3n) is 3.06. The lowest BCUT2D eigenvalue weighted by atomic mass is 10.1. The highest BCUT2D eigenvalue weighted by Crippen LogP contribution is 2.26. The van der Waals surface area contributed by atoms with E-state index in [2.05, 4.69) is 52.0 Å². The minimum Gasteiger partial charge on any atom is -0.341 e. The van der Waals surface area contributed by atoms with E-state index in [1.54, 1.807) is 24.4 Å². The van der Waals surface area contributed by atoms with Crippen LogP contribution in [0.3, 0.4) is 0 Å². The van der Waals surface area contributed by atoms with E-state index < -0.39 is 0 Å². The van der Waals surface area contributed by atoms with Crippen molar-refractivity contribution in [2.75, 3.05) is 0 Å². The maximum atomic E-state index is 4.33. The summed E-state index contributed by atoms with van der Waals surface area (Å²) in [5, 5.41) is 0.948. The van der Waals surface area contributed by atoms with E-state index in [0.29, 0.717) is 0 Å². The van der Waals surface area contributed by atoms with Gasteiger partial charge in [0.05, 0.1) is 6.33 Å². The topological polar surface area (TPSA) is 54.5 Å². The maximum absolute atomic E-state index is 4.33. The molecule has 2 heterocycles. The minimum atomic E-state index is 0.721. The third kappa shape index (κ3) is 2.46. The van der Waals surface area contributed by atoms with E-state index in [-0.39, 0.29) is 0 Å². The van der Waals surface area contributed by atoms with Gasteiger partial charge >= 0.3 is 0 Å². The van der Waals surface area contributed by atoms with Crippen molar-refractivity contribution in [3.63, 3.8) is 0 Å². The number of thioether (sulfide) groups is 1. The summed E-state index contributed by atoms with van der Waals surface area (Å²) in [5.41, 5.74) is 5.58. The largest absolute Gasteiger partial charge is 0.341 e. The quantitative estimate of drug-likeness (QED) is 0.586. The van der Waals surface area contributed by atoms with Gasteiger partial charge in [-0.2, -0.15) is 0 Å². The predicted octanol–water partition coefficient (Wildman–Crippen LogP) is 3.26. The van der Waals surface area contributed by atoms with Crippen molar-refractivity contribution in [2.24, 2.45) is 0 Å². The number of aromatic nitrogens is 4. The molecule has 1 aromatic carbocycles. The second-order valence-corrected chi connectivity index (χ2v) is 5.46. The molecule has 0 saturated heterocycles. The molecule has 0 unspecified atom stereocenters. The van der Waals surface area contributed by atoms with Crippen LogP contribution in [-0.4, -0.2) is 19.9 Å². The average molecular weight is 270 g/mol. The number of aryl methyl sites for hydroxylation is 2. The number of hydrogen-bond acceptors (Lipinski definition) is 4. The number of nitrogens with zero attached hydrogens (tertiary/aromatic N) is 3. The Morgan fingerprint density at radius 3 is 2.95 bits per heavy atom. The standard InChI is InChI=1S/C14H14N4S/c1-9-3-4-10(2)11(5-9)6-19-14-12-13(16-7-15-12)17-8-18-14/h3-5,7-8H,6H2,1-2H3,(H,15,16,17,18). The Hall–Kier alpha value is -1.88. The van der Waals surface area contributed by atoms with Crippen molar-refractivity contribution in [1.82, 2.24) is 19.9 Å². The first kappa shape index (κ1) is 12.2. The van der Waals surface area contributed by atoms with E-state index in [1.807, 2.05) is 0 Å². The summed E-state index contributed by atoms with van der Waals surface area (Å²) in [6.07, 6.45) is 3.22. The smallest absolute Gasteiger partial charge is 0.181 e. The fourth-order valence-corrected chi connectivity index (χ4v) is 2.97. The fraction of sp³-hybridized carbons (Fsp3) is 0.214. The van der Waals surface area contributed by atoms with E-state index in [0.717, 1.165) is 21.9 Å². The molecule has 0 atom stereocenters. The van der Waals surface area contributed by atoms with Crippen LogP contribution in [0.4, 0.5) is 0 Å². The van der Waals surface area contributed by atoms with Crippen molar-refractivity contribution >= 4 is 22.9 Å². The summed E-state index contributed by atoms with van der Waals surface area (Å²) in [6.45, 7) is 4.26. The van der Waals surface area contributed by atoms with Gasteiger partial charge in [0.15, 0.2) is 5.65 Å². The molecule has 19 heavy (non-hydrogen) atoms. The zero-order valence-corrected chi connectivity index (χ0v) is 11.7. The molecule has 4 nitrogen and oxygen atoms in total. The highest BCUT2D eigenvalue weighted by atomic mass is 32.2. The molecule has 1 N–H and O–H groups in total. The van der Waals surface area contributed by atoms with Gasteiger partial charge in [-0.1, -0.05) is 35.5 Å². The Morgan fingerprint density at radius 1 is 1.16 bits per heavy atom. The number of nitrogens with one attached hydrogen (secondary N) is 1. The molecule has 3 aromatic rings. The highest BCUT2D eigenvalue weighted by molar-refractivity contribution is 7.98. The number of aromatic amines is 1. The van der Waals surface area contributed by atoms with Crippen LogP contribution in [0.2, 0.25) is 0 Å². The third-order valence-corrected chi connectivity index (χ3v) is 4.10. The Kier molecular flexibility index (Phi) is 3.21. The fourth-order valence-electron chi connectivity index (χ4n) is 1.95. The van der Waals surface area contributed by atoms with Gasteiger partial charge in [-0.15, -0.1) is 0 Å². The number of benzene rings is 1. The van der Waals surface area contributed by atoms with E-state index in [4.69, 9.17) is 0 Å². The molecule has 0 spiro atoms. The van der Waals surface area contributed by atoms with Crippen LogP contribution in [0.15, 0.2) is 35.9 Å². The lowest BCUT2D eigenvalue weighted by Gasteiger charge is -2.06.